The number of halogens is 2. The smallest absolute Gasteiger partial charge is 0.307 e. The van der Waals surface area contributed by atoms with Gasteiger partial charge in [0, 0.05) is 21.4 Å². The lowest BCUT2D eigenvalue weighted by molar-refractivity contribution is 0.175. The van der Waals surface area contributed by atoms with Gasteiger partial charge in [0.25, 0.3) is 0 Å². The average Bonchev–Trinajstić information content (AvgIpc) is 2.61. The number of aromatic nitrogens is 1. The molecule has 0 spiro atoms. The summed E-state index contributed by atoms with van der Waals surface area (Å²) >= 11 is 10.5. The Balaban J connectivity index is 1.71. The van der Waals surface area contributed by atoms with E-state index in [1.54, 1.807) is 41.7 Å². The van der Waals surface area contributed by atoms with Crippen molar-refractivity contribution in [3.8, 4) is 11.5 Å². The van der Waals surface area contributed by atoms with Crippen molar-refractivity contribution in [1.29, 1.82) is 0 Å². The Morgan fingerprint density at radius 2 is 1.69 bits per heavy atom. The molecule has 1 N–H and O–H groups in total. The van der Waals surface area contributed by atoms with Gasteiger partial charge in [0.05, 0.1) is 6.20 Å². The summed E-state index contributed by atoms with van der Waals surface area (Å²) < 4.78 is 8.60. The maximum absolute atomic E-state index is 12.0. The van der Waals surface area contributed by atoms with Gasteiger partial charge in [-0.05, 0) is 82.5 Å². The van der Waals surface area contributed by atoms with Crippen LogP contribution in [0.15, 0.2) is 75.0 Å². The SMILES string of the molecule is CN(Sc1ccc(Oc2ccc(Cl)cc2)cc1)c1cc(Br)cn(O)c1=O. The van der Waals surface area contributed by atoms with Crippen molar-refractivity contribution in [3.63, 3.8) is 0 Å². The Hall–Kier alpha value is -2.09. The Morgan fingerprint density at radius 3 is 2.31 bits per heavy atom. The van der Waals surface area contributed by atoms with Gasteiger partial charge in [-0.1, -0.05) is 11.6 Å². The number of ether oxygens (including phenoxy) is 1. The molecule has 0 aliphatic heterocycles. The third-order valence-electron chi connectivity index (χ3n) is 3.40. The van der Waals surface area contributed by atoms with Gasteiger partial charge in [-0.2, -0.15) is 4.73 Å². The predicted molar refractivity (Wildman–Crippen MR) is 108 cm³/mol. The van der Waals surface area contributed by atoms with Crippen LogP contribution in [0.4, 0.5) is 5.69 Å². The highest BCUT2D eigenvalue weighted by molar-refractivity contribution is 9.10. The second kappa shape index (κ2) is 8.07. The minimum Gasteiger partial charge on any atom is -0.457 e. The van der Waals surface area contributed by atoms with Crippen molar-refractivity contribution >= 4 is 45.2 Å². The van der Waals surface area contributed by atoms with Gasteiger partial charge in [0.15, 0.2) is 0 Å². The molecule has 134 valence electrons. The minimum absolute atomic E-state index is 0.355. The van der Waals surface area contributed by atoms with Crippen LogP contribution in [0.25, 0.3) is 0 Å². The van der Waals surface area contributed by atoms with E-state index >= 15 is 0 Å². The molecule has 0 unspecified atom stereocenters. The van der Waals surface area contributed by atoms with Crippen LogP contribution in [0.1, 0.15) is 0 Å². The molecule has 0 fully saturated rings. The van der Waals surface area contributed by atoms with Crippen molar-refractivity contribution in [2.45, 2.75) is 4.90 Å². The molecule has 0 bridgehead atoms. The summed E-state index contributed by atoms with van der Waals surface area (Å²) in [7, 11) is 1.76. The van der Waals surface area contributed by atoms with Gasteiger partial charge in [-0.25, -0.2) is 0 Å². The van der Waals surface area contributed by atoms with Crippen LogP contribution in [0.3, 0.4) is 0 Å². The Kier molecular flexibility index (Phi) is 5.80. The zero-order valence-electron chi connectivity index (χ0n) is 13.6. The summed E-state index contributed by atoms with van der Waals surface area (Å²) in [6.07, 6.45) is 1.30. The molecule has 0 saturated carbocycles. The quantitative estimate of drug-likeness (QED) is 0.412. The molecule has 3 rings (SSSR count). The molecule has 0 aliphatic rings. The van der Waals surface area contributed by atoms with Gasteiger partial charge in [-0.15, -0.1) is 0 Å². The molecule has 0 radical (unpaired) electrons. The molecular formula is C18H14BrClN2O3S. The molecular weight excluding hydrogens is 440 g/mol. The van der Waals surface area contributed by atoms with Crippen LogP contribution in [-0.4, -0.2) is 17.0 Å². The Morgan fingerprint density at radius 1 is 1.12 bits per heavy atom. The number of nitrogens with zero attached hydrogens (tertiary/aromatic N) is 2. The van der Waals surface area contributed by atoms with E-state index < -0.39 is 5.56 Å². The summed E-state index contributed by atoms with van der Waals surface area (Å²) in [4.78, 5) is 13.0. The number of anilines is 1. The van der Waals surface area contributed by atoms with Gasteiger partial charge in [-0.3, -0.25) is 4.79 Å². The molecule has 1 aromatic heterocycles. The normalized spacial score (nSPS) is 10.6. The van der Waals surface area contributed by atoms with E-state index in [9.17, 15) is 10.0 Å². The molecule has 5 nitrogen and oxygen atoms in total. The standard InChI is InChI=1S/C18H14BrClN2O3S/c1-21(17-10-12(19)11-22(24)18(17)23)26-16-8-6-15(7-9-16)25-14-4-2-13(20)3-5-14/h2-11,24H,1H3. The predicted octanol–water partition coefficient (Wildman–Crippen LogP) is 5.44. The van der Waals surface area contributed by atoms with E-state index in [0.29, 0.717) is 31.4 Å². The van der Waals surface area contributed by atoms with Crippen molar-refractivity contribution in [2.24, 2.45) is 0 Å². The second-order valence-electron chi connectivity index (χ2n) is 5.31. The summed E-state index contributed by atoms with van der Waals surface area (Å²) in [6, 6.07) is 16.2. The first-order chi connectivity index (χ1) is 12.4. The lowest BCUT2D eigenvalue weighted by atomic mass is 10.3. The fraction of sp³-hybridized carbons (Fsp3) is 0.0556. The molecule has 26 heavy (non-hydrogen) atoms. The maximum atomic E-state index is 12.0. The third kappa shape index (κ3) is 4.55. The van der Waals surface area contributed by atoms with Crippen LogP contribution in [0, 0.1) is 0 Å². The van der Waals surface area contributed by atoms with Crippen LogP contribution in [0.2, 0.25) is 5.02 Å². The molecule has 3 aromatic rings. The number of rotatable bonds is 5. The number of hydrogen-bond acceptors (Lipinski definition) is 5. The van der Waals surface area contributed by atoms with Crippen molar-refractivity contribution in [3.05, 3.63) is 80.6 Å². The molecule has 2 aromatic carbocycles. The van der Waals surface area contributed by atoms with Gasteiger partial charge in [0.2, 0.25) is 0 Å². The van der Waals surface area contributed by atoms with Crippen molar-refractivity contribution < 1.29 is 9.94 Å². The number of pyridine rings is 1. The summed E-state index contributed by atoms with van der Waals surface area (Å²) in [6.45, 7) is 0. The Labute approximate surface area is 168 Å². The van der Waals surface area contributed by atoms with Crippen LogP contribution in [0.5, 0.6) is 11.5 Å². The van der Waals surface area contributed by atoms with Gasteiger partial charge in [0.1, 0.15) is 17.2 Å². The molecule has 0 atom stereocenters. The lowest BCUT2D eigenvalue weighted by Crippen LogP contribution is -2.24. The number of hydrogen-bond donors (Lipinski definition) is 1. The number of benzene rings is 2. The van der Waals surface area contributed by atoms with Crippen LogP contribution in [-0.2, 0) is 0 Å². The van der Waals surface area contributed by atoms with Crippen molar-refractivity contribution in [2.75, 3.05) is 11.4 Å². The molecule has 0 saturated heterocycles. The monoisotopic (exact) mass is 452 g/mol. The summed E-state index contributed by atoms with van der Waals surface area (Å²) in [5.74, 6) is 1.39. The zero-order chi connectivity index (χ0) is 18.7. The fourth-order valence-corrected chi connectivity index (χ4v) is 3.50. The first-order valence-electron chi connectivity index (χ1n) is 7.49. The van der Waals surface area contributed by atoms with E-state index in [4.69, 9.17) is 16.3 Å². The first-order valence-corrected chi connectivity index (χ1v) is 9.43. The molecule has 0 aliphatic carbocycles. The first kappa shape index (κ1) is 18.7. The average molecular weight is 454 g/mol. The van der Waals surface area contributed by atoms with Crippen molar-refractivity contribution in [1.82, 2.24) is 4.73 Å². The minimum atomic E-state index is -0.495. The van der Waals surface area contributed by atoms with Gasteiger partial charge < -0.3 is 14.2 Å². The zero-order valence-corrected chi connectivity index (χ0v) is 16.8. The Bertz CT molecular complexity index is 962. The molecule has 0 amide bonds. The maximum Gasteiger partial charge on any atom is 0.307 e. The van der Waals surface area contributed by atoms with E-state index in [2.05, 4.69) is 15.9 Å². The van der Waals surface area contributed by atoms with E-state index in [0.717, 1.165) is 4.90 Å². The lowest BCUT2D eigenvalue weighted by Gasteiger charge is -2.17. The third-order valence-corrected chi connectivity index (χ3v) is 5.04. The largest absolute Gasteiger partial charge is 0.457 e. The highest BCUT2D eigenvalue weighted by Crippen LogP contribution is 2.29. The summed E-state index contributed by atoms with van der Waals surface area (Å²) in [5.41, 5.74) is -0.140. The molecule has 1 heterocycles. The summed E-state index contributed by atoms with van der Waals surface area (Å²) in [5, 5.41) is 10.3. The fourth-order valence-electron chi connectivity index (χ4n) is 2.16. The van der Waals surface area contributed by atoms with Crippen LogP contribution < -0.4 is 14.6 Å². The van der Waals surface area contributed by atoms with E-state index in [1.165, 1.54) is 18.1 Å². The van der Waals surface area contributed by atoms with E-state index in [1.807, 2.05) is 24.3 Å². The van der Waals surface area contributed by atoms with Gasteiger partial charge >= 0.3 is 5.56 Å². The van der Waals surface area contributed by atoms with E-state index in [-0.39, 0.29) is 0 Å². The highest BCUT2D eigenvalue weighted by Gasteiger charge is 2.11. The highest BCUT2D eigenvalue weighted by atomic mass is 79.9. The van der Waals surface area contributed by atoms with Crippen LogP contribution >= 0.6 is 39.5 Å². The second-order valence-corrected chi connectivity index (χ2v) is 7.86. The molecule has 8 heteroatoms. The topological polar surface area (TPSA) is 54.7 Å².